The molecule has 1 aromatic rings. The van der Waals surface area contributed by atoms with E-state index in [0.717, 1.165) is 16.7 Å². The summed E-state index contributed by atoms with van der Waals surface area (Å²) in [6.07, 6.45) is 0. The van der Waals surface area contributed by atoms with Gasteiger partial charge >= 0.3 is 0 Å². The van der Waals surface area contributed by atoms with Crippen molar-refractivity contribution in [2.45, 2.75) is 11.9 Å². The van der Waals surface area contributed by atoms with Gasteiger partial charge in [0.05, 0.1) is 31.2 Å². The number of ether oxygens (including phenoxy) is 2. The van der Waals surface area contributed by atoms with Crippen molar-refractivity contribution in [3.63, 3.8) is 0 Å². The van der Waals surface area contributed by atoms with Gasteiger partial charge in [-0.3, -0.25) is 4.98 Å². The van der Waals surface area contributed by atoms with E-state index in [2.05, 4.69) is 20.9 Å². The standard InChI is InChI=1S/C10H14BrNO2/c1-13-5-6-14-8-10-4-2-3-9(7-11)12-10/h2-4H,5-8H2,1H3. The van der Waals surface area contributed by atoms with Crippen LogP contribution in [-0.4, -0.2) is 25.3 Å². The van der Waals surface area contributed by atoms with E-state index in [-0.39, 0.29) is 0 Å². The quantitative estimate of drug-likeness (QED) is 0.580. The number of alkyl halides is 1. The molecule has 3 nitrogen and oxygen atoms in total. The summed E-state index contributed by atoms with van der Waals surface area (Å²) in [4.78, 5) is 4.38. The summed E-state index contributed by atoms with van der Waals surface area (Å²) in [6.45, 7) is 1.78. The highest BCUT2D eigenvalue weighted by atomic mass is 79.9. The molecule has 0 aromatic carbocycles. The smallest absolute Gasteiger partial charge is 0.0889 e. The maximum absolute atomic E-state index is 5.36. The highest BCUT2D eigenvalue weighted by Crippen LogP contribution is 2.04. The minimum atomic E-state index is 0.546. The fraction of sp³-hybridized carbons (Fsp3) is 0.500. The van der Waals surface area contributed by atoms with Crippen molar-refractivity contribution in [1.82, 2.24) is 4.98 Å². The lowest BCUT2D eigenvalue weighted by molar-refractivity contribution is 0.0601. The molecular weight excluding hydrogens is 246 g/mol. The largest absolute Gasteiger partial charge is 0.382 e. The summed E-state index contributed by atoms with van der Waals surface area (Å²) in [5, 5.41) is 0.777. The maximum Gasteiger partial charge on any atom is 0.0889 e. The van der Waals surface area contributed by atoms with Crippen LogP contribution >= 0.6 is 15.9 Å². The Labute approximate surface area is 92.6 Å². The molecule has 0 saturated carbocycles. The van der Waals surface area contributed by atoms with Gasteiger partial charge in [0.2, 0.25) is 0 Å². The molecule has 0 N–H and O–H groups in total. The molecule has 0 radical (unpaired) electrons. The van der Waals surface area contributed by atoms with Crippen LogP contribution in [0.15, 0.2) is 18.2 Å². The van der Waals surface area contributed by atoms with Gasteiger partial charge in [0.15, 0.2) is 0 Å². The minimum absolute atomic E-state index is 0.546. The second-order valence-electron chi connectivity index (χ2n) is 2.80. The van der Waals surface area contributed by atoms with Gasteiger partial charge in [-0.05, 0) is 12.1 Å². The summed E-state index contributed by atoms with van der Waals surface area (Å²) < 4.78 is 10.2. The van der Waals surface area contributed by atoms with Gasteiger partial charge in [0, 0.05) is 12.4 Å². The van der Waals surface area contributed by atoms with Crippen LogP contribution in [0.2, 0.25) is 0 Å². The Kier molecular flexibility index (Phi) is 5.75. The van der Waals surface area contributed by atoms with Crippen molar-refractivity contribution < 1.29 is 9.47 Å². The number of hydrogen-bond donors (Lipinski definition) is 0. The Balaban J connectivity index is 2.34. The van der Waals surface area contributed by atoms with Crippen LogP contribution in [0.5, 0.6) is 0 Å². The molecule has 14 heavy (non-hydrogen) atoms. The highest BCUT2D eigenvalue weighted by Gasteiger charge is 1.96. The molecule has 0 unspecified atom stereocenters. The topological polar surface area (TPSA) is 31.4 Å². The first-order chi connectivity index (χ1) is 6.86. The van der Waals surface area contributed by atoms with Crippen LogP contribution in [0.1, 0.15) is 11.4 Å². The molecule has 0 fully saturated rings. The summed E-state index contributed by atoms with van der Waals surface area (Å²) in [7, 11) is 1.66. The fourth-order valence-electron chi connectivity index (χ4n) is 1.00. The van der Waals surface area contributed by atoms with E-state index >= 15 is 0 Å². The molecule has 0 aliphatic heterocycles. The van der Waals surface area contributed by atoms with Crippen LogP contribution in [0, 0.1) is 0 Å². The summed E-state index contributed by atoms with van der Waals surface area (Å²) in [5.41, 5.74) is 1.98. The molecular formula is C10H14BrNO2. The monoisotopic (exact) mass is 259 g/mol. The van der Waals surface area contributed by atoms with Crippen molar-refractivity contribution in [3.05, 3.63) is 29.6 Å². The molecule has 0 atom stereocenters. The average Bonchev–Trinajstić information content (AvgIpc) is 2.25. The lowest BCUT2D eigenvalue weighted by atomic mass is 10.3. The van der Waals surface area contributed by atoms with Crippen LogP contribution < -0.4 is 0 Å². The molecule has 0 bridgehead atoms. The number of hydrogen-bond acceptors (Lipinski definition) is 3. The van der Waals surface area contributed by atoms with E-state index in [0.29, 0.717) is 19.8 Å². The maximum atomic E-state index is 5.36. The number of nitrogens with zero attached hydrogens (tertiary/aromatic N) is 1. The number of halogens is 1. The van der Waals surface area contributed by atoms with E-state index in [1.165, 1.54) is 0 Å². The zero-order valence-electron chi connectivity index (χ0n) is 8.20. The second-order valence-corrected chi connectivity index (χ2v) is 3.36. The summed E-state index contributed by atoms with van der Waals surface area (Å²) in [6, 6.07) is 5.92. The lowest BCUT2D eigenvalue weighted by Crippen LogP contribution is -2.03. The van der Waals surface area contributed by atoms with Gasteiger partial charge in [0.25, 0.3) is 0 Å². The first kappa shape index (κ1) is 11.6. The SMILES string of the molecule is COCCOCc1cccc(CBr)n1. The first-order valence-corrected chi connectivity index (χ1v) is 5.56. The number of rotatable bonds is 6. The van der Waals surface area contributed by atoms with E-state index in [9.17, 15) is 0 Å². The molecule has 0 aliphatic rings. The minimum Gasteiger partial charge on any atom is -0.382 e. The molecule has 0 aliphatic carbocycles. The first-order valence-electron chi connectivity index (χ1n) is 4.44. The Morgan fingerprint density at radius 1 is 1.29 bits per heavy atom. The van der Waals surface area contributed by atoms with Crippen LogP contribution in [0.25, 0.3) is 0 Å². The van der Waals surface area contributed by atoms with Crippen LogP contribution in [0.4, 0.5) is 0 Å². The number of pyridine rings is 1. The van der Waals surface area contributed by atoms with Crippen LogP contribution in [0.3, 0.4) is 0 Å². The average molecular weight is 260 g/mol. The molecule has 1 heterocycles. The predicted octanol–water partition coefficient (Wildman–Crippen LogP) is 2.14. The molecule has 4 heteroatoms. The molecule has 1 aromatic heterocycles. The third-order valence-electron chi connectivity index (χ3n) is 1.68. The van der Waals surface area contributed by atoms with Crippen molar-refractivity contribution in [3.8, 4) is 0 Å². The Bertz CT molecular complexity index is 268. The van der Waals surface area contributed by atoms with E-state index in [1.807, 2.05) is 18.2 Å². The molecule has 0 amide bonds. The van der Waals surface area contributed by atoms with Crippen molar-refractivity contribution in [2.75, 3.05) is 20.3 Å². The van der Waals surface area contributed by atoms with E-state index in [4.69, 9.17) is 9.47 Å². The van der Waals surface area contributed by atoms with Gasteiger partial charge < -0.3 is 9.47 Å². The van der Waals surface area contributed by atoms with Gasteiger partial charge in [-0.15, -0.1) is 0 Å². The van der Waals surface area contributed by atoms with Gasteiger partial charge in [0.1, 0.15) is 0 Å². The normalized spacial score (nSPS) is 10.4. The zero-order chi connectivity index (χ0) is 10.2. The summed E-state index contributed by atoms with van der Waals surface area (Å²) >= 11 is 3.36. The third kappa shape index (κ3) is 4.17. The number of methoxy groups -OCH3 is 1. The van der Waals surface area contributed by atoms with E-state index in [1.54, 1.807) is 7.11 Å². The van der Waals surface area contributed by atoms with Crippen LogP contribution in [-0.2, 0) is 21.4 Å². The van der Waals surface area contributed by atoms with Crippen molar-refractivity contribution >= 4 is 15.9 Å². The zero-order valence-corrected chi connectivity index (χ0v) is 9.79. The highest BCUT2D eigenvalue weighted by molar-refractivity contribution is 9.08. The summed E-state index contributed by atoms with van der Waals surface area (Å²) in [5.74, 6) is 0. The van der Waals surface area contributed by atoms with Crippen molar-refractivity contribution in [1.29, 1.82) is 0 Å². The molecule has 0 spiro atoms. The predicted molar refractivity (Wildman–Crippen MR) is 58.4 cm³/mol. The van der Waals surface area contributed by atoms with Gasteiger partial charge in [-0.25, -0.2) is 0 Å². The Morgan fingerprint density at radius 3 is 2.79 bits per heavy atom. The molecule has 0 saturated heterocycles. The fourth-order valence-corrected chi connectivity index (χ4v) is 1.32. The Morgan fingerprint density at radius 2 is 2.07 bits per heavy atom. The molecule has 78 valence electrons. The second kappa shape index (κ2) is 6.92. The third-order valence-corrected chi connectivity index (χ3v) is 2.26. The molecule has 1 rings (SSSR count). The number of aromatic nitrogens is 1. The van der Waals surface area contributed by atoms with E-state index < -0.39 is 0 Å². The lowest BCUT2D eigenvalue weighted by Gasteiger charge is -2.03. The Hall–Kier alpha value is -0.450. The van der Waals surface area contributed by atoms with Gasteiger partial charge in [-0.2, -0.15) is 0 Å². The van der Waals surface area contributed by atoms with Gasteiger partial charge in [-0.1, -0.05) is 22.0 Å². The van der Waals surface area contributed by atoms with Crippen molar-refractivity contribution in [2.24, 2.45) is 0 Å².